The lowest BCUT2D eigenvalue weighted by atomic mass is 10.2. The van der Waals surface area contributed by atoms with Gasteiger partial charge < -0.3 is 4.74 Å². The molecule has 3 nitrogen and oxygen atoms in total. The number of rotatable bonds is 1. The fourth-order valence-electron chi connectivity index (χ4n) is 1.94. The van der Waals surface area contributed by atoms with Gasteiger partial charge in [-0.25, -0.2) is 4.42 Å². The van der Waals surface area contributed by atoms with Crippen molar-refractivity contribution in [3.05, 3.63) is 0 Å². The van der Waals surface area contributed by atoms with E-state index < -0.39 is 10.4 Å². The van der Waals surface area contributed by atoms with Crippen molar-refractivity contribution in [1.29, 1.82) is 0 Å². The number of carbonyl (C=O) groups is 1. The highest BCUT2D eigenvalue weighted by atomic mass is 35.5. The number of carbonyl (C=O) groups excluding carboxylic acids is 1. The molecule has 1 saturated heterocycles. The Kier molecular flexibility index (Phi) is 2.19. The molecule has 2 fully saturated rings. The van der Waals surface area contributed by atoms with Crippen molar-refractivity contribution >= 4 is 40.9 Å². The van der Waals surface area contributed by atoms with Gasteiger partial charge >= 0.3 is 5.97 Å². The molecule has 0 spiro atoms. The molecule has 1 saturated carbocycles. The SMILES string of the molecule is COC(=O)[C@@H]1[C@@H]2[C@H](CN1Cl)C2(Cl)Cl. The lowest BCUT2D eigenvalue weighted by Gasteiger charge is -2.20. The van der Waals surface area contributed by atoms with Gasteiger partial charge in [-0.05, 0) is 11.8 Å². The topological polar surface area (TPSA) is 29.5 Å². The number of piperidine rings is 1. The van der Waals surface area contributed by atoms with Gasteiger partial charge in [-0.2, -0.15) is 0 Å². The molecule has 6 heteroatoms. The number of hydrogen-bond acceptors (Lipinski definition) is 3. The van der Waals surface area contributed by atoms with Crippen molar-refractivity contribution in [2.75, 3.05) is 13.7 Å². The fourth-order valence-corrected chi connectivity index (χ4v) is 3.12. The highest BCUT2D eigenvalue weighted by Crippen LogP contribution is 2.65. The molecule has 2 rings (SSSR count). The second-order valence-electron chi connectivity index (χ2n) is 3.36. The molecule has 2 aliphatic rings. The second kappa shape index (κ2) is 2.89. The van der Waals surface area contributed by atoms with Gasteiger partial charge in [0.15, 0.2) is 0 Å². The van der Waals surface area contributed by atoms with E-state index in [0.717, 1.165) is 0 Å². The van der Waals surface area contributed by atoms with Gasteiger partial charge in [0.25, 0.3) is 0 Å². The summed E-state index contributed by atoms with van der Waals surface area (Å²) in [6.07, 6.45) is 0. The average Bonchev–Trinajstić information content (AvgIpc) is 2.48. The van der Waals surface area contributed by atoms with Gasteiger partial charge in [-0.3, -0.25) is 4.79 Å². The van der Waals surface area contributed by atoms with Gasteiger partial charge in [0, 0.05) is 18.4 Å². The van der Waals surface area contributed by atoms with E-state index in [0.29, 0.717) is 6.54 Å². The standard InChI is InChI=1S/C7H8Cl3NO2/c1-13-6(12)5-4-3(2-11(5)10)7(4,8)9/h3-5H,2H2,1H3/t3-,4-,5-/m0/s1. The number of halogens is 3. The van der Waals surface area contributed by atoms with Crippen LogP contribution in [0.25, 0.3) is 0 Å². The number of nitrogens with zero attached hydrogens (tertiary/aromatic N) is 1. The van der Waals surface area contributed by atoms with Crippen LogP contribution in [0, 0.1) is 11.8 Å². The van der Waals surface area contributed by atoms with E-state index in [1.54, 1.807) is 0 Å². The van der Waals surface area contributed by atoms with Gasteiger partial charge in [0.2, 0.25) is 0 Å². The molecule has 0 amide bonds. The molecule has 0 aromatic rings. The first-order valence-electron chi connectivity index (χ1n) is 3.88. The third kappa shape index (κ3) is 1.25. The van der Waals surface area contributed by atoms with Gasteiger partial charge in [0.05, 0.1) is 7.11 Å². The zero-order chi connectivity index (χ0) is 9.80. The van der Waals surface area contributed by atoms with Crippen LogP contribution >= 0.6 is 35.0 Å². The van der Waals surface area contributed by atoms with E-state index in [4.69, 9.17) is 35.0 Å². The van der Waals surface area contributed by atoms with Crippen LogP contribution in [-0.4, -0.2) is 34.4 Å². The monoisotopic (exact) mass is 243 g/mol. The zero-order valence-corrected chi connectivity index (χ0v) is 9.10. The normalized spacial score (nSPS) is 41.4. The Morgan fingerprint density at radius 1 is 1.62 bits per heavy atom. The Morgan fingerprint density at radius 2 is 2.23 bits per heavy atom. The summed E-state index contributed by atoms with van der Waals surface area (Å²) in [4.78, 5) is 11.3. The molecule has 0 bridgehead atoms. The first-order chi connectivity index (χ1) is 6.00. The summed E-state index contributed by atoms with van der Waals surface area (Å²) < 4.78 is 5.25. The first-order valence-corrected chi connectivity index (χ1v) is 4.97. The fraction of sp³-hybridized carbons (Fsp3) is 0.857. The molecule has 0 aromatic carbocycles. The average molecular weight is 245 g/mol. The van der Waals surface area contributed by atoms with Crippen LogP contribution in [0.2, 0.25) is 0 Å². The molecule has 0 N–H and O–H groups in total. The summed E-state index contributed by atoms with van der Waals surface area (Å²) >= 11 is 17.7. The lowest BCUT2D eigenvalue weighted by molar-refractivity contribution is -0.145. The van der Waals surface area contributed by atoms with Crippen molar-refractivity contribution in [2.24, 2.45) is 11.8 Å². The Morgan fingerprint density at radius 3 is 2.69 bits per heavy atom. The Labute approximate surface area is 91.0 Å². The highest BCUT2D eigenvalue weighted by Gasteiger charge is 2.73. The molecule has 0 unspecified atom stereocenters. The number of ether oxygens (including phenoxy) is 1. The number of esters is 1. The van der Waals surface area contributed by atoms with E-state index in [-0.39, 0.29) is 17.8 Å². The highest BCUT2D eigenvalue weighted by molar-refractivity contribution is 6.51. The van der Waals surface area contributed by atoms with Crippen molar-refractivity contribution in [1.82, 2.24) is 4.42 Å². The van der Waals surface area contributed by atoms with Crippen LogP contribution in [0.1, 0.15) is 0 Å². The molecule has 1 aliphatic heterocycles. The molecule has 13 heavy (non-hydrogen) atoms. The minimum atomic E-state index is -0.787. The van der Waals surface area contributed by atoms with E-state index in [2.05, 4.69) is 4.74 Å². The summed E-state index contributed by atoms with van der Waals surface area (Å²) in [7, 11) is 1.33. The third-order valence-electron chi connectivity index (χ3n) is 2.72. The molecule has 0 aromatic heterocycles. The Hall–Kier alpha value is 0.300. The second-order valence-corrected chi connectivity index (χ2v) is 5.24. The third-order valence-corrected chi connectivity index (χ3v) is 4.13. The van der Waals surface area contributed by atoms with Crippen LogP contribution in [0.4, 0.5) is 0 Å². The maximum Gasteiger partial charge on any atom is 0.324 e. The lowest BCUT2D eigenvalue weighted by Crippen LogP contribution is -2.37. The summed E-state index contributed by atoms with van der Waals surface area (Å²) in [5.41, 5.74) is 0. The zero-order valence-electron chi connectivity index (χ0n) is 6.84. The maximum atomic E-state index is 11.3. The minimum absolute atomic E-state index is 0.0826. The summed E-state index contributed by atoms with van der Waals surface area (Å²) in [5.74, 6) is -0.358. The molecule has 3 atom stereocenters. The van der Waals surface area contributed by atoms with Gasteiger partial charge in [-0.1, -0.05) is 0 Å². The minimum Gasteiger partial charge on any atom is -0.468 e. The number of fused-ring (bicyclic) bond motifs is 1. The molecular weight excluding hydrogens is 236 g/mol. The number of methoxy groups -OCH3 is 1. The molecule has 0 radical (unpaired) electrons. The summed E-state index contributed by atoms with van der Waals surface area (Å²) in [6, 6.07) is -0.494. The van der Waals surface area contributed by atoms with E-state index in [9.17, 15) is 4.79 Å². The van der Waals surface area contributed by atoms with Gasteiger partial charge in [-0.15, -0.1) is 23.2 Å². The summed E-state index contributed by atoms with van der Waals surface area (Å²) in [5, 5.41) is 0. The van der Waals surface area contributed by atoms with Crippen molar-refractivity contribution < 1.29 is 9.53 Å². The van der Waals surface area contributed by atoms with E-state index in [1.165, 1.54) is 11.5 Å². The molecular formula is C7H8Cl3NO2. The quantitative estimate of drug-likeness (QED) is 0.397. The van der Waals surface area contributed by atoms with Crippen molar-refractivity contribution in [2.45, 2.75) is 10.4 Å². The largest absolute Gasteiger partial charge is 0.468 e. The van der Waals surface area contributed by atoms with Crippen LogP contribution < -0.4 is 0 Å². The number of alkyl halides is 2. The van der Waals surface area contributed by atoms with Crippen LogP contribution in [0.5, 0.6) is 0 Å². The molecule has 74 valence electrons. The summed E-state index contributed by atoms with van der Waals surface area (Å²) in [6.45, 7) is 0.541. The molecule has 1 heterocycles. The van der Waals surface area contributed by atoms with Crippen molar-refractivity contribution in [3.63, 3.8) is 0 Å². The predicted molar refractivity (Wildman–Crippen MR) is 49.8 cm³/mol. The van der Waals surface area contributed by atoms with Crippen LogP contribution in [0.15, 0.2) is 0 Å². The van der Waals surface area contributed by atoms with Crippen LogP contribution in [-0.2, 0) is 9.53 Å². The predicted octanol–water partition coefficient (Wildman–Crippen LogP) is 1.42. The van der Waals surface area contributed by atoms with E-state index >= 15 is 0 Å². The van der Waals surface area contributed by atoms with E-state index in [1.807, 2.05) is 0 Å². The molecule has 1 aliphatic carbocycles. The van der Waals surface area contributed by atoms with Crippen molar-refractivity contribution in [3.8, 4) is 0 Å². The van der Waals surface area contributed by atoms with Crippen LogP contribution in [0.3, 0.4) is 0 Å². The smallest absolute Gasteiger partial charge is 0.324 e. The Bertz CT molecular complexity index is 258. The number of hydrogen-bond donors (Lipinski definition) is 0. The first kappa shape index (κ1) is 9.84. The Balaban J connectivity index is 2.15. The maximum absolute atomic E-state index is 11.3. The van der Waals surface area contributed by atoms with Gasteiger partial charge in [0.1, 0.15) is 10.4 Å².